The van der Waals surface area contributed by atoms with Crippen molar-refractivity contribution in [3.63, 3.8) is 0 Å². The molecule has 65 heavy (non-hydrogen) atoms. The van der Waals surface area contributed by atoms with Gasteiger partial charge < -0.3 is 19.1 Å². The first-order valence-electron chi connectivity index (χ1n) is 22.6. The molecule has 0 atom stereocenters. The second-order valence-corrected chi connectivity index (χ2v) is 21.9. The summed E-state index contributed by atoms with van der Waals surface area (Å²) >= 11 is 3.81. The minimum Gasteiger partial charge on any atom is -0.456 e. The number of hydrogen-bond donors (Lipinski definition) is 0. The van der Waals surface area contributed by atoms with E-state index < -0.39 is 0 Å². The Bertz CT molecular complexity index is 3590. The Morgan fingerprint density at radius 3 is 1.82 bits per heavy atom. The number of para-hydroxylation sites is 3. The lowest BCUT2D eigenvalue weighted by Gasteiger charge is -2.44. The highest BCUT2D eigenvalue weighted by atomic mass is 32.2. The van der Waals surface area contributed by atoms with Gasteiger partial charge in [-0.3, -0.25) is 0 Å². The average Bonchev–Trinajstić information content (AvgIpc) is 3.88. The Morgan fingerprint density at radius 1 is 0.462 bits per heavy atom. The van der Waals surface area contributed by atoms with Crippen molar-refractivity contribution in [1.82, 2.24) is 0 Å². The number of anilines is 9. The van der Waals surface area contributed by atoms with Crippen LogP contribution in [0.4, 0.5) is 51.2 Å². The molecule has 2 bridgehead atoms. The smallest absolute Gasteiger partial charge is 0.264 e. The first-order valence-corrected chi connectivity index (χ1v) is 24.3. The molecule has 3 aliphatic rings. The van der Waals surface area contributed by atoms with Gasteiger partial charge in [-0.05, 0) is 118 Å². The monoisotopic (exact) mass is 875 g/mol. The lowest BCUT2D eigenvalue weighted by molar-refractivity contribution is 0.590. The van der Waals surface area contributed by atoms with Crippen LogP contribution < -0.4 is 30.4 Å². The fourth-order valence-electron chi connectivity index (χ4n) is 10.6. The van der Waals surface area contributed by atoms with Crippen LogP contribution in [0.25, 0.3) is 32.0 Å². The van der Waals surface area contributed by atoms with Gasteiger partial charge in [-0.2, -0.15) is 0 Å². The molecule has 0 unspecified atom stereocenters. The number of furan rings is 1. The van der Waals surface area contributed by atoms with E-state index in [9.17, 15) is 0 Å². The van der Waals surface area contributed by atoms with Gasteiger partial charge >= 0.3 is 0 Å². The maximum Gasteiger partial charge on any atom is 0.264 e. The predicted molar refractivity (Wildman–Crippen MR) is 279 cm³/mol. The van der Waals surface area contributed by atoms with Crippen molar-refractivity contribution in [2.24, 2.45) is 0 Å². The number of nitrogens with zero attached hydrogens (tertiary/aromatic N) is 3. The highest BCUT2D eigenvalue weighted by molar-refractivity contribution is 7.99. The second kappa shape index (κ2) is 13.9. The molecule has 0 amide bonds. The van der Waals surface area contributed by atoms with Gasteiger partial charge in [-0.1, -0.05) is 138 Å². The maximum atomic E-state index is 6.52. The molecule has 0 spiro atoms. The molecule has 0 saturated carbocycles. The third-order valence-corrected chi connectivity index (χ3v) is 16.1. The number of thiophene rings is 1. The van der Waals surface area contributed by atoms with Gasteiger partial charge in [0.25, 0.3) is 6.71 Å². The SMILES string of the molecule is CC(C)(C)c1ccc(N2c3cccc4c3B(c3ccc5cc3N4c3ccccc3Sc3ccccc3N5c3cccc4oc5ccccc5c34)c3sc4cc(C(C)(C)C)ccc4c32)cc1. The summed E-state index contributed by atoms with van der Waals surface area (Å²) in [5.41, 5.74) is 17.8. The first kappa shape index (κ1) is 38.8. The van der Waals surface area contributed by atoms with E-state index in [0.29, 0.717) is 0 Å². The zero-order valence-corrected chi connectivity index (χ0v) is 38.9. The molecular formula is C58H46BN3OS2. The van der Waals surface area contributed by atoms with Crippen molar-refractivity contribution in [1.29, 1.82) is 0 Å². The van der Waals surface area contributed by atoms with Crippen LogP contribution in [0, 0.1) is 0 Å². The van der Waals surface area contributed by atoms with Crippen molar-refractivity contribution >= 4 is 129 Å². The summed E-state index contributed by atoms with van der Waals surface area (Å²) in [7, 11) is 0. The summed E-state index contributed by atoms with van der Waals surface area (Å²) < 4.78 is 9.23. The number of benzene rings is 8. The molecule has 7 heteroatoms. The molecular weight excluding hydrogens is 830 g/mol. The van der Waals surface area contributed by atoms with Crippen LogP contribution in [0.15, 0.2) is 184 Å². The number of rotatable bonds is 2. The predicted octanol–water partition coefficient (Wildman–Crippen LogP) is 15.4. The zero-order valence-electron chi connectivity index (χ0n) is 37.3. The minimum absolute atomic E-state index is 0.0156. The molecule has 3 aliphatic heterocycles. The third-order valence-electron chi connectivity index (χ3n) is 13.7. The third kappa shape index (κ3) is 5.78. The van der Waals surface area contributed by atoms with Crippen LogP contribution in [0.2, 0.25) is 0 Å². The Kier molecular flexibility index (Phi) is 8.30. The van der Waals surface area contributed by atoms with E-state index in [1.807, 2.05) is 23.1 Å². The van der Waals surface area contributed by atoms with Crippen LogP contribution in [-0.2, 0) is 10.8 Å². The molecule has 5 heterocycles. The highest BCUT2D eigenvalue weighted by Crippen LogP contribution is 2.54. The van der Waals surface area contributed by atoms with Gasteiger partial charge in [0.15, 0.2) is 0 Å². The van der Waals surface area contributed by atoms with Crippen molar-refractivity contribution < 1.29 is 4.42 Å². The molecule has 8 aromatic carbocycles. The fourth-order valence-corrected chi connectivity index (χ4v) is 13.0. The molecule has 13 rings (SSSR count). The highest BCUT2D eigenvalue weighted by Gasteiger charge is 2.46. The van der Waals surface area contributed by atoms with E-state index in [0.717, 1.165) is 39.0 Å². The lowest BCUT2D eigenvalue weighted by Crippen LogP contribution is -2.60. The van der Waals surface area contributed by atoms with E-state index in [1.165, 1.54) is 80.8 Å². The summed E-state index contributed by atoms with van der Waals surface area (Å²) in [4.78, 5) is 9.98. The van der Waals surface area contributed by atoms with Crippen LogP contribution in [0.5, 0.6) is 0 Å². The van der Waals surface area contributed by atoms with Gasteiger partial charge in [0, 0.05) is 58.5 Å². The van der Waals surface area contributed by atoms with E-state index in [2.05, 4.69) is 226 Å². The van der Waals surface area contributed by atoms with Crippen molar-refractivity contribution in [3.05, 3.63) is 181 Å². The summed E-state index contributed by atoms with van der Waals surface area (Å²) in [6, 6.07) is 63.5. The van der Waals surface area contributed by atoms with Gasteiger partial charge in [-0.15, -0.1) is 11.3 Å². The number of hydrogen-bond acceptors (Lipinski definition) is 6. The first-order chi connectivity index (χ1) is 31.5. The molecule has 0 saturated heterocycles. The summed E-state index contributed by atoms with van der Waals surface area (Å²) in [5.74, 6) is 0. The zero-order chi connectivity index (χ0) is 43.9. The second-order valence-electron chi connectivity index (χ2n) is 19.8. The molecule has 0 N–H and O–H groups in total. The summed E-state index contributed by atoms with van der Waals surface area (Å²) in [6.45, 7) is 13.9. The van der Waals surface area contributed by atoms with Gasteiger partial charge in [0.2, 0.25) is 0 Å². The summed E-state index contributed by atoms with van der Waals surface area (Å²) in [5, 5.41) is 3.52. The molecule has 314 valence electrons. The van der Waals surface area contributed by atoms with Gasteiger partial charge in [0.1, 0.15) is 11.2 Å². The lowest BCUT2D eigenvalue weighted by atomic mass is 9.36. The maximum absolute atomic E-state index is 6.52. The quantitative estimate of drug-likeness (QED) is 0.161. The Morgan fingerprint density at radius 2 is 1.06 bits per heavy atom. The molecule has 0 radical (unpaired) electrons. The van der Waals surface area contributed by atoms with Gasteiger partial charge in [-0.25, -0.2) is 0 Å². The standard InChI is InChI=1S/C58H46BN3OS2/c1-57(2,3)35-25-28-37(29-26-35)61-45-19-13-20-46-54(45)59(56-55(61)40-31-27-36(58(4,5)6)33-52(40)65-56)41-32-30-38-34-47(41)62(46)43-17-9-12-24-51(43)64-50-23-11-8-16-42(50)60(38)44-18-14-22-49-53(44)39-15-7-10-21-48(39)63-49/h7-34H,1-6H3. The fraction of sp³-hybridized carbons (Fsp3) is 0.138. The van der Waals surface area contributed by atoms with E-state index in [4.69, 9.17) is 4.42 Å². The van der Waals surface area contributed by atoms with Crippen LogP contribution >= 0.6 is 23.1 Å². The largest absolute Gasteiger partial charge is 0.456 e. The minimum atomic E-state index is 0.0156. The Labute approximate surface area is 388 Å². The molecule has 10 aromatic rings. The summed E-state index contributed by atoms with van der Waals surface area (Å²) in [6.07, 6.45) is 0. The number of fused-ring (bicyclic) bond motifs is 13. The van der Waals surface area contributed by atoms with E-state index >= 15 is 0 Å². The molecule has 0 aliphatic carbocycles. The van der Waals surface area contributed by atoms with Gasteiger partial charge in [0.05, 0.1) is 28.1 Å². The molecule has 4 nitrogen and oxygen atoms in total. The molecule has 0 fully saturated rings. The van der Waals surface area contributed by atoms with Crippen molar-refractivity contribution in [2.75, 3.05) is 14.7 Å². The Hall–Kier alpha value is -6.67. The van der Waals surface area contributed by atoms with Crippen molar-refractivity contribution in [2.45, 2.75) is 62.2 Å². The van der Waals surface area contributed by atoms with Crippen LogP contribution in [-0.4, -0.2) is 6.71 Å². The van der Waals surface area contributed by atoms with E-state index in [1.54, 1.807) is 0 Å². The van der Waals surface area contributed by atoms with Crippen LogP contribution in [0.1, 0.15) is 52.7 Å². The van der Waals surface area contributed by atoms with Crippen LogP contribution in [0.3, 0.4) is 0 Å². The Balaban J connectivity index is 1.11. The average molecular weight is 876 g/mol. The normalized spacial score (nSPS) is 14.1. The molecule has 2 aromatic heterocycles. The van der Waals surface area contributed by atoms with Crippen molar-refractivity contribution in [3.8, 4) is 0 Å². The topological polar surface area (TPSA) is 22.9 Å². The van der Waals surface area contributed by atoms with E-state index in [-0.39, 0.29) is 17.5 Å².